The first-order valence-corrected chi connectivity index (χ1v) is 10.3. The standard InChI is InChI=1S/C24H17ClN6O/c25-20-9-2-1-5-16(20)14-23(32)27-19-8-3-6-17(13-19)21-10-11-22-28-29-24(31(22)30-21)18-7-4-12-26-15-18/h1-13,15H,14H2,(H,27,32). The van der Waals surface area contributed by atoms with Crippen LogP contribution in [0.3, 0.4) is 0 Å². The van der Waals surface area contributed by atoms with Crippen molar-refractivity contribution in [3.8, 4) is 22.6 Å². The fourth-order valence-electron chi connectivity index (χ4n) is 3.39. The molecule has 0 aliphatic rings. The van der Waals surface area contributed by atoms with Gasteiger partial charge in [0.05, 0.1) is 12.1 Å². The first kappa shape index (κ1) is 19.8. The second-order valence-corrected chi connectivity index (χ2v) is 7.56. The number of carbonyl (C=O) groups is 1. The first-order valence-electron chi connectivity index (χ1n) is 9.94. The predicted octanol–water partition coefficient (Wildman–Crippen LogP) is 4.69. The molecule has 0 saturated carbocycles. The molecule has 3 aromatic heterocycles. The molecule has 0 aliphatic carbocycles. The van der Waals surface area contributed by atoms with Crippen molar-refractivity contribution in [2.24, 2.45) is 0 Å². The lowest BCUT2D eigenvalue weighted by Gasteiger charge is -2.09. The van der Waals surface area contributed by atoms with E-state index in [9.17, 15) is 4.79 Å². The maximum atomic E-state index is 12.5. The molecule has 0 atom stereocenters. The van der Waals surface area contributed by atoms with Gasteiger partial charge >= 0.3 is 0 Å². The van der Waals surface area contributed by atoms with Gasteiger partial charge in [0.25, 0.3) is 0 Å². The lowest BCUT2D eigenvalue weighted by atomic mass is 10.1. The SMILES string of the molecule is O=C(Cc1ccccc1Cl)Nc1cccc(-c2ccc3nnc(-c4cccnc4)n3n2)c1. The van der Waals surface area contributed by atoms with Gasteiger partial charge in [-0.1, -0.05) is 41.9 Å². The Morgan fingerprint density at radius 2 is 1.81 bits per heavy atom. The van der Waals surface area contributed by atoms with Gasteiger partial charge in [-0.05, 0) is 48.0 Å². The average Bonchev–Trinajstić information content (AvgIpc) is 3.25. The second kappa shape index (κ2) is 8.56. The van der Waals surface area contributed by atoms with Crippen LogP contribution in [0.15, 0.2) is 85.2 Å². The van der Waals surface area contributed by atoms with E-state index in [0.717, 1.165) is 22.4 Å². The van der Waals surface area contributed by atoms with Crippen LogP contribution in [-0.4, -0.2) is 30.7 Å². The summed E-state index contributed by atoms with van der Waals surface area (Å²) in [4.78, 5) is 16.7. The highest BCUT2D eigenvalue weighted by Crippen LogP contribution is 2.24. The van der Waals surface area contributed by atoms with Gasteiger partial charge in [-0.3, -0.25) is 9.78 Å². The van der Waals surface area contributed by atoms with E-state index in [0.29, 0.717) is 22.2 Å². The number of hydrogen-bond acceptors (Lipinski definition) is 5. The van der Waals surface area contributed by atoms with Gasteiger partial charge in [-0.25, -0.2) is 0 Å². The minimum absolute atomic E-state index is 0.142. The van der Waals surface area contributed by atoms with E-state index in [-0.39, 0.29) is 12.3 Å². The molecule has 0 unspecified atom stereocenters. The van der Waals surface area contributed by atoms with Crippen LogP contribution in [0.5, 0.6) is 0 Å². The van der Waals surface area contributed by atoms with Crippen molar-refractivity contribution in [2.75, 3.05) is 5.32 Å². The normalized spacial score (nSPS) is 10.9. The van der Waals surface area contributed by atoms with Crippen LogP contribution < -0.4 is 5.32 Å². The number of halogens is 1. The van der Waals surface area contributed by atoms with E-state index in [4.69, 9.17) is 16.7 Å². The van der Waals surface area contributed by atoms with E-state index in [1.807, 2.05) is 66.7 Å². The summed E-state index contributed by atoms with van der Waals surface area (Å²) in [6, 6.07) is 22.3. The van der Waals surface area contributed by atoms with Gasteiger partial charge in [0, 0.05) is 34.2 Å². The number of fused-ring (bicyclic) bond motifs is 1. The number of aromatic nitrogens is 5. The molecule has 0 radical (unpaired) electrons. The number of carbonyl (C=O) groups excluding carboxylic acids is 1. The number of nitrogens with zero attached hydrogens (tertiary/aromatic N) is 5. The summed E-state index contributed by atoms with van der Waals surface area (Å²) in [5, 5.41) is 16.7. The Labute approximate surface area is 188 Å². The Morgan fingerprint density at radius 1 is 0.938 bits per heavy atom. The van der Waals surface area contributed by atoms with E-state index in [1.54, 1.807) is 23.0 Å². The summed E-state index contributed by atoms with van der Waals surface area (Å²) in [6.45, 7) is 0. The van der Waals surface area contributed by atoms with Gasteiger partial charge in [0.2, 0.25) is 5.91 Å². The number of nitrogens with one attached hydrogen (secondary N) is 1. The van der Waals surface area contributed by atoms with Gasteiger partial charge < -0.3 is 5.32 Å². The highest BCUT2D eigenvalue weighted by Gasteiger charge is 2.12. The van der Waals surface area contributed by atoms with Gasteiger partial charge in [-0.2, -0.15) is 9.61 Å². The molecule has 7 nitrogen and oxygen atoms in total. The summed E-state index contributed by atoms with van der Waals surface area (Å²) in [6.07, 6.45) is 3.63. The third kappa shape index (κ3) is 4.06. The third-order valence-corrected chi connectivity index (χ3v) is 5.30. The molecule has 0 bridgehead atoms. The molecular weight excluding hydrogens is 424 g/mol. The molecule has 0 spiro atoms. The van der Waals surface area contributed by atoms with Crippen LogP contribution in [0, 0.1) is 0 Å². The van der Waals surface area contributed by atoms with Crippen LogP contribution in [-0.2, 0) is 11.2 Å². The largest absolute Gasteiger partial charge is 0.326 e. The van der Waals surface area contributed by atoms with Gasteiger partial charge in [-0.15, -0.1) is 10.2 Å². The van der Waals surface area contributed by atoms with E-state index >= 15 is 0 Å². The highest BCUT2D eigenvalue weighted by molar-refractivity contribution is 6.31. The number of hydrogen-bond donors (Lipinski definition) is 1. The molecule has 1 N–H and O–H groups in total. The predicted molar refractivity (Wildman–Crippen MR) is 123 cm³/mol. The first-order chi connectivity index (χ1) is 15.7. The minimum Gasteiger partial charge on any atom is -0.326 e. The lowest BCUT2D eigenvalue weighted by molar-refractivity contribution is -0.115. The molecule has 2 aromatic carbocycles. The van der Waals surface area contributed by atoms with Crippen molar-refractivity contribution in [3.63, 3.8) is 0 Å². The Kier molecular flexibility index (Phi) is 5.31. The topological polar surface area (TPSA) is 85.1 Å². The molecule has 5 rings (SSSR count). The fraction of sp³-hybridized carbons (Fsp3) is 0.0417. The average molecular weight is 441 g/mol. The maximum absolute atomic E-state index is 12.5. The summed E-state index contributed by atoms with van der Waals surface area (Å²) >= 11 is 6.17. The molecule has 8 heteroatoms. The number of amides is 1. The zero-order valence-corrected chi connectivity index (χ0v) is 17.6. The minimum atomic E-state index is -0.142. The third-order valence-electron chi connectivity index (χ3n) is 4.93. The van der Waals surface area contributed by atoms with Crippen LogP contribution in [0.1, 0.15) is 5.56 Å². The zero-order chi connectivity index (χ0) is 21.9. The monoisotopic (exact) mass is 440 g/mol. The molecule has 0 aliphatic heterocycles. The molecule has 0 saturated heterocycles. The Bertz CT molecular complexity index is 1420. The van der Waals surface area contributed by atoms with Crippen molar-refractivity contribution in [1.29, 1.82) is 0 Å². The van der Waals surface area contributed by atoms with Crippen molar-refractivity contribution in [1.82, 2.24) is 24.8 Å². The molecule has 32 heavy (non-hydrogen) atoms. The molecule has 1 amide bonds. The molecular formula is C24H17ClN6O. The quantitative estimate of drug-likeness (QED) is 0.428. The number of benzene rings is 2. The highest BCUT2D eigenvalue weighted by atomic mass is 35.5. The molecule has 156 valence electrons. The van der Waals surface area contributed by atoms with Crippen molar-refractivity contribution < 1.29 is 4.79 Å². The van der Waals surface area contributed by atoms with Gasteiger partial charge in [0.15, 0.2) is 11.5 Å². The molecule has 5 aromatic rings. The van der Waals surface area contributed by atoms with E-state index in [1.165, 1.54) is 0 Å². The summed E-state index contributed by atoms with van der Waals surface area (Å²) < 4.78 is 1.69. The van der Waals surface area contributed by atoms with E-state index < -0.39 is 0 Å². The van der Waals surface area contributed by atoms with Crippen LogP contribution in [0.4, 0.5) is 5.69 Å². The van der Waals surface area contributed by atoms with Crippen molar-refractivity contribution >= 4 is 28.8 Å². The lowest BCUT2D eigenvalue weighted by Crippen LogP contribution is -2.14. The summed E-state index contributed by atoms with van der Waals surface area (Å²) in [7, 11) is 0. The second-order valence-electron chi connectivity index (χ2n) is 7.15. The van der Waals surface area contributed by atoms with Crippen LogP contribution in [0.2, 0.25) is 5.02 Å². The van der Waals surface area contributed by atoms with E-state index in [2.05, 4.69) is 20.5 Å². The Morgan fingerprint density at radius 3 is 2.66 bits per heavy atom. The van der Waals surface area contributed by atoms with Crippen LogP contribution in [0.25, 0.3) is 28.3 Å². The Balaban J connectivity index is 1.41. The van der Waals surface area contributed by atoms with Crippen molar-refractivity contribution in [2.45, 2.75) is 6.42 Å². The zero-order valence-electron chi connectivity index (χ0n) is 16.8. The van der Waals surface area contributed by atoms with Crippen LogP contribution >= 0.6 is 11.6 Å². The summed E-state index contributed by atoms with van der Waals surface area (Å²) in [5.74, 6) is 0.468. The van der Waals surface area contributed by atoms with Gasteiger partial charge in [0.1, 0.15) is 0 Å². The summed E-state index contributed by atoms with van der Waals surface area (Å²) in [5.41, 5.74) is 4.50. The number of rotatable bonds is 5. The number of pyridine rings is 1. The Hall–Kier alpha value is -4.10. The molecule has 0 fully saturated rings. The van der Waals surface area contributed by atoms with Crippen molar-refractivity contribution in [3.05, 3.63) is 95.8 Å². The molecule has 3 heterocycles. The smallest absolute Gasteiger partial charge is 0.228 e. The maximum Gasteiger partial charge on any atom is 0.228 e. The fourth-order valence-corrected chi connectivity index (χ4v) is 3.60. The number of anilines is 1.